The Hall–Kier alpha value is -1.32. The van der Waals surface area contributed by atoms with Gasteiger partial charge in [-0.25, -0.2) is 13.9 Å². The number of nitrogens with zero attached hydrogens (tertiary/aromatic N) is 2. The molecule has 0 spiro atoms. The summed E-state index contributed by atoms with van der Waals surface area (Å²) in [6.45, 7) is 3.29. The summed E-state index contributed by atoms with van der Waals surface area (Å²) in [7, 11) is 0. The zero-order valence-electron chi connectivity index (χ0n) is 13.5. The van der Waals surface area contributed by atoms with E-state index in [9.17, 15) is 4.79 Å². The van der Waals surface area contributed by atoms with Crippen LogP contribution in [-0.2, 0) is 17.9 Å². The fraction of sp³-hybridized carbons (Fsp3) is 0.765. The van der Waals surface area contributed by atoms with Crippen LogP contribution in [0.4, 0.5) is 0 Å². The van der Waals surface area contributed by atoms with E-state index in [-0.39, 0.29) is 6.54 Å². The lowest BCUT2D eigenvalue weighted by atomic mass is 10.1. The first-order valence-corrected chi connectivity index (χ1v) is 8.49. The van der Waals surface area contributed by atoms with Crippen LogP contribution in [0.15, 0.2) is 18.7 Å². The summed E-state index contributed by atoms with van der Waals surface area (Å²) in [6.07, 6.45) is 19.1. The topological polar surface area (TPSA) is 46.1 Å². The molecule has 0 saturated carbocycles. The second-order valence-corrected chi connectivity index (χ2v) is 5.90. The van der Waals surface area contributed by atoms with E-state index in [4.69, 9.17) is 5.11 Å². The molecule has 4 heteroatoms. The Morgan fingerprint density at radius 1 is 1.00 bits per heavy atom. The van der Waals surface area contributed by atoms with Crippen LogP contribution < -0.4 is 4.57 Å². The third-order valence-corrected chi connectivity index (χ3v) is 3.83. The first-order valence-electron chi connectivity index (χ1n) is 8.49. The maximum atomic E-state index is 10.6. The number of unbranched alkanes of at least 4 members (excludes halogenated alkanes) is 9. The molecule has 1 aromatic heterocycles. The highest BCUT2D eigenvalue weighted by Gasteiger charge is 2.06. The van der Waals surface area contributed by atoms with Crippen molar-refractivity contribution < 1.29 is 14.5 Å². The van der Waals surface area contributed by atoms with Gasteiger partial charge in [0.25, 0.3) is 0 Å². The van der Waals surface area contributed by atoms with E-state index in [1.54, 1.807) is 4.57 Å². The van der Waals surface area contributed by atoms with Crippen LogP contribution in [0.3, 0.4) is 0 Å². The van der Waals surface area contributed by atoms with Crippen molar-refractivity contribution in [1.29, 1.82) is 0 Å². The molecule has 0 aliphatic heterocycles. The second kappa shape index (κ2) is 11.4. The van der Waals surface area contributed by atoms with Crippen molar-refractivity contribution in [2.45, 2.75) is 84.2 Å². The smallest absolute Gasteiger partial charge is 0.346 e. The predicted molar refractivity (Wildman–Crippen MR) is 84.1 cm³/mol. The van der Waals surface area contributed by atoms with Crippen LogP contribution in [0.1, 0.15) is 71.1 Å². The Labute approximate surface area is 128 Å². The van der Waals surface area contributed by atoms with Gasteiger partial charge >= 0.3 is 5.97 Å². The number of aromatic nitrogens is 2. The minimum absolute atomic E-state index is 0.0467. The molecule has 0 bridgehead atoms. The fourth-order valence-corrected chi connectivity index (χ4v) is 2.60. The van der Waals surface area contributed by atoms with Crippen LogP contribution in [-0.4, -0.2) is 15.6 Å². The summed E-state index contributed by atoms with van der Waals surface area (Å²) in [5.41, 5.74) is 0. The van der Waals surface area contributed by atoms with Gasteiger partial charge in [0.1, 0.15) is 12.4 Å². The Balaban J connectivity index is 1.94. The lowest BCUT2D eigenvalue weighted by molar-refractivity contribution is -0.685. The number of imidazole rings is 1. The molecule has 0 radical (unpaired) electrons. The zero-order valence-corrected chi connectivity index (χ0v) is 13.5. The predicted octanol–water partition coefficient (Wildman–Crippen LogP) is 3.78. The monoisotopic (exact) mass is 295 g/mol. The molecule has 0 saturated heterocycles. The molecule has 1 aromatic rings. The zero-order chi connectivity index (χ0) is 15.3. The SMILES string of the molecule is CCCCCCCCCCCCn1cc[n+](CC(=O)O)c1. The van der Waals surface area contributed by atoms with E-state index >= 15 is 0 Å². The van der Waals surface area contributed by atoms with E-state index in [2.05, 4.69) is 11.5 Å². The molecule has 21 heavy (non-hydrogen) atoms. The van der Waals surface area contributed by atoms with Gasteiger partial charge in [0.2, 0.25) is 6.33 Å². The van der Waals surface area contributed by atoms with Crippen LogP contribution in [0.5, 0.6) is 0 Å². The van der Waals surface area contributed by atoms with Crippen molar-refractivity contribution in [3.8, 4) is 0 Å². The highest BCUT2D eigenvalue weighted by Crippen LogP contribution is 2.10. The fourth-order valence-electron chi connectivity index (χ4n) is 2.60. The van der Waals surface area contributed by atoms with E-state index in [1.807, 2.05) is 18.7 Å². The average Bonchev–Trinajstić information content (AvgIpc) is 2.87. The molecule has 120 valence electrons. The Morgan fingerprint density at radius 2 is 1.57 bits per heavy atom. The summed E-state index contributed by atoms with van der Waals surface area (Å²) >= 11 is 0. The molecule has 0 aliphatic rings. The van der Waals surface area contributed by atoms with Crippen molar-refractivity contribution >= 4 is 5.97 Å². The maximum Gasteiger partial charge on any atom is 0.346 e. The van der Waals surface area contributed by atoms with Crippen LogP contribution in [0.2, 0.25) is 0 Å². The minimum atomic E-state index is -0.795. The van der Waals surface area contributed by atoms with Crippen molar-refractivity contribution in [2.24, 2.45) is 0 Å². The molecule has 0 fully saturated rings. The molecular formula is C17H31N2O2+. The van der Waals surface area contributed by atoms with E-state index < -0.39 is 5.97 Å². The molecule has 1 heterocycles. The van der Waals surface area contributed by atoms with Gasteiger partial charge in [-0.15, -0.1) is 0 Å². The maximum absolute atomic E-state index is 10.6. The Bertz CT molecular complexity index is 388. The number of hydrogen-bond acceptors (Lipinski definition) is 1. The van der Waals surface area contributed by atoms with E-state index in [1.165, 1.54) is 64.2 Å². The Morgan fingerprint density at radius 3 is 2.14 bits per heavy atom. The van der Waals surface area contributed by atoms with Crippen molar-refractivity contribution in [3.63, 3.8) is 0 Å². The number of hydrogen-bond donors (Lipinski definition) is 1. The van der Waals surface area contributed by atoms with Gasteiger partial charge in [0, 0.05) is 0 Å². The number of carboxylic acid groups (broad SMARTS) is 1. The molecule has 0 amide bonds. The average molecular weight is 295 g/mol. The first kappa shape index (κ1) is 17.7. The van der Waals surface area contributed by atoms with Gasteiger partial charge < -0.3 is 5.11 Å². The lowest BCUT2D eigenvalue weighted by Crippen LogP contribution is -2.35. The molecule has 0 aliphatic carbocycles. The summed E-state index contributed by atoms with van der Waals surface area (Å²) in [4.78, 5) is 10.6. The van der Waals surface area contributed by atoms with E-state index in [0.29, 0.717) is 0 Å². The highest BCUT2D eigenvalue weighted by atomic mass is 16.4. The van der Waals surface area contributed by atoms with Gasteiger partial charge in [-0.2, -0.15) is 0 Å². The molecule has 0 unspecified atom stereocenters. The molecule has 0 atom stereocenters. The number of aryl methyl sites for hydroxylation is 1. The molecule has 1 rings (SSSR count). The van der Waals surface area contributed by atoms with Crippen molar-refractivity contribution in [3.05, 3.63) is 18.7 Å². The molecule has 0 aromatic carbocycles. The van der Waals surface area contributed by atoms with Gasteiger partial charge in [-0.1, -0.05) is 58.3 Å². The second-order valence-electron chi connectivity index (χ2n) is 5.90. The van der Waals surface area contributed by atoms with Crippen LogP contribution >= 0.6 is 0 Å². The number of rotatable bonds is 13. The molecule has 1 N–H and O–H groups in total. The number of carboxylic acids is 1. The van der Waals surface area contributed by atoms with Gasteiger partial charge in [0.05, 0.1) is 6.54 Å². The lowest BCUT2D eigenvalue weighted by Gasteiger charge is -2.01. The van der Waals surface area contributed by atoms with Crippen LogP contribution in [0, 0.1) is 0 Å². The number of carbonyl (C=O) groups is 1. The summed E-state index contributed by atoms with van der Waals surface area (Å²) in [5.74, 6) is -0.795. The van der Waals surface area contributed by atoms with Gasteiger partial charge in [-0.3, -0.25) is 0 Å². The summed E-state index contributed by atoms with van der Waals surface area (Å²) < 4.78 is 3.78. The van der Waals surface area contributed by atoms with Crippen LogP contribution in [0.25, 0.3) is 0 Å². The largest absolute Gasteiger partial charge is 0.478 e. The van der Waals surface area contributed by atoms with Gasteiger partial charge in [-0.05, 0) is 12.8 Å². The third kappa shape index (κ3) is 9.27. The third-order valence-electron chi connectivity index (χ3n) is 3.83. The quantitative estimate of drug-likeness (QED) is 0.444. The van der Waals surface area contributed by atoms with Crippen molar-refractivity contribution in [1.82, 2.24) is 4.57 Å². The van der Waals surface area contributed by atoms with Gasteiger partial charge in [0.15, 0.2) is 6.54 Å². The van der Waals surface area contributed by atoms with E-state index in [0.717, 1.165) is 6.54 Å². The summed E-state index contributed by atoms with van der Waals surface area (Å²) in [5, 5.41) is 8.71. The highest BCUT2D eigenvalue weighted by molar-refractivity contribution is 5.64. The first-order chi connectivity index (χ1) is 10.2. The number of aliphatic carboxylic acids is 1. The Kier molecular flexibility index (Phi) is 9.58. The molecular weight excluding hydrogens is 264 g/mol. The standard InChI is InChI=1S/C17H30N2O2/c1-2-3-4-5-6-7-8-9-10-11-12-18-13-14-19(16-18)15-17(20)21/h13-14,16H,2-12,15H2,1H3/p+1. The van der Waals surface area contributed by atoms with Crippen molar-refractivity contribution in [2.75, 3.05) is 0 Å². The normalized spacial score (nSPS) is 10.9. The minimum Gasteiger partial charge on any atom is -0.478 e. The molecule has 4 nitrogen and oxygen atoms in total. The summed E-state index contributed by atoms with van der Waals surface area (Å²) in [6, 6.07) is 0.